The molecule has 0 radical (unpaired) electrons. The summed E-state index contributed by atoms with van der Waals surface area (Å²) in [6.45, 7) is 3.29. The number of carbonyl (C=O) groups is 2. The van der Waals surface area contributed by atoms with E-state index in [0.717, 1.165) is 13.0 Å². The van der Waals surface area contributed by atoms with Gasteiger partial charge in [-0.3, -0.25) is 14.5 Å². The first-order valence-electron chi connectivity index (χ1n) is 5.77. The molecular formula is C12H19N3O2. The maximum absolute atomic E-state index is 11.9. The molecule has 1 amide bonds. The summed E-state index contributed by atoms with van der Waals surface area (Å²) >= 11 is 0. The van der Waals surface area contributed by atoms with Crippen LogP contribution in [-0.2, 0) is 4.79 Å². The van der Waals surface area contributed by atoms with E-state index < -0.39 is 0 Å². The maximum Gasteiger partial charge on any atom is 0.233 e. The third-order valence-corrected chi connectivity index (χ3v) is 2.45. The number of aromatic nitrogens is 1. The zero-order chi connectivity index (χ0) is 12.7. The van der Waals surface area contributed by atoms with Gasteiger partial charge in [0.2, 0.25) is 5.91 Å². The maximum atomic E-state index is 11.9. The quantitative estimate of drug-likeness (QED) is 0.684. The first-order valence-corrected chi connectivity index (χ1v) is 5.77. The Balaban J connectivity index is 2.54. The van der Waals surface area contributed by atoms with E-state index in [-0.39, 0.29) is 24.8 Å². The normalized spacial score (nSPS) is 10.5. The van der Waals surface area contributed by atoms with Crippen LogP contribution < -0.4 is 5.32 Å². The van der Waals surface area contributed by atoms with Gasteiger partial charge < -0.3 is 10.3 Å². The smallest absolute Gasteiger partial charge is 0.233 e. The highest BCUT2D eigenvalue weighted by molar-refractivity contribution is 5.96. The number of carbonyl (C=O) groups excluding carboxylic acids is 2. The zero-order valence-electron chi connectivity index (χ0n) is 10.3. The molecule has 0 aliphatic carbocycles. The minimum atomic E-state index is -0.0715. The van der Waals surface area contributed by atoms with Crippen LogP contribution in [0.4, 0.5) is 0 Å². The number of nitrogens with one attached hydrogen (secondary N) is 2. The summed E-state index contributed by atoms with van der Waals surface area (Å²) in [5.74, 6) is -0.0647. The van der Waals surface area contributed by atoms with Gasteiger partial charge in [0.25, 0.3) is 0 Å². The molecule has 94 valence electrons. The molecular weight excluding hydrogens is 218 g/mol. The Morgan fingerprint density at radius 2 is 2.18 bits per heavy atom. The van der Waals surface area contributed by atoms with Crippen molar-refractivity contribution in [2.75, 3.05) is 26.7 Å². The fourth-order valence-electron chi connectivity index (χ4n) is 1.60. The van der Waals surface area contributed by atoms with E-state index in [2.05, 4.69) is 10.3 Å². The van der Waals surface area contributed by atoms with Crippen LogP contribution in [-0.4, -0.2) is 48.3 Å². The van der Waals surface area contributed by atoms with E-state index in [1.54, 1.807) is 25.4 Å². The second-order valence-corrected chi connectivity index (χ2v) is 3.89. The Bertz CT molecular complexity index is 360. The fraction of sp³-hybridized carbons (Fsp3) is 0.500. The molecule has 0 aromatic carbocycles. The molecule has 0 saturated heterocycles. The molecule has 5 nitrogen and oxygen atoms in total. The van der Waals surface area contributed by atoms with Gasteiger partial charge in [0.15, 0.2) is 5.78 Å². The van der Waals surface area contributed by atoms with E-state index in [1.807, 2.05) is 11.8 Å². The Labute approximate surface area is 101 Å². The number of Topliss-reactive ketones (excluding diaryl/α,β-unsaturated/α-hetero) is 1. The molecule has 0 saturated carbocycles. The molecule has 1 aromatic heterocycles. The molecule has 2 N–H and O–H groups in total. The molecule has 0 aliphatic rings. The molecule has 0 spiro atoms. The highest BCUT2D eigenvalue weighted by Gasteiger charge is 2.14. The molecule has 0 aliphatic heterocycles. The van der Waals surface area contributed by atoms with E-state index in [9.17, 15) is 9.59 Å². The fourth-order valence-corrected chi connectivity index (χ4v) is 1.60. The average Bonchev–Trinajstić information content (AvgIpc) is 2.82. The summed E-state index contributed by atoms with van der Waals surface area (Å²) in [4.78, 5) is 27.9. The van der Waals surface area contributed by atoms with Crippen LogP contribution in [0.1, 0.15) is 23.8 Å². The van der Waals surface area contributed by atoms with Gasteiger partial charge in [-0.15, -0.1) is 0 Å². The van der Waals surface area contributed by atoms with Crippen LogP contribution >= 0.6 is 0 Å². The van der Waals surface area contributed by atoms with E-state index in [0.29, 0.717) is 5.69 Å². The lowest BCUT2D eigenvalue weighted by Crippen LogP contribution is -2.39. The first-order chi connectivity index (χ1) is 8.17. The predicted octanol–water partition coefficient (Wildman–Crippen LogP) is 0.655. The van der Waals surface area contributed by atoms with Gasteiger partial charge in [-0.1, -0.05) is 6.92 Å². The summed E-state index contributed by atoms with van der Waals surface area (Å²) in [5.41, 5.74) is 0.586. The number of amides is 1. The first kappa shape index (κ1) is 13.4. The molecule has 0 bridgehead atoms. The van der Waals surface area contributed by atoms with Crippen molar-refractivity contribution in [3.63, 3.8) is 0 Å². The Morgan fingerprint density at radius 1 is 1.41 bits per heavy atom. The van der Waals surface area contributed by atoms with E-state index >= 15 is 0 Å². The molecule has 0 unspecified atom stereocenters. The van der Waals surface area contributed by atoms with Crippen molar-refractivity contribution >= 4 is 11.7 Å². The van der Waals surface area contributed by atoms with Crippen molar-refractivity contribution in [2.45, 2.75) is 13.3 Å². The zero-order valence-corrected chi connectivity index (χ0v) is 10.3. The highest BCUT2D eigenvalue weighted by atomic mass is 16.2. The second-order valence-electron chi connectivity index (χ2n) is 3.89. The third kappa shape index (κ3) is 4.40. The van der Waals surface area contributed by atoms with Crippen molar-refractivity contribution in [1.29, 1.82) is 0 Å². The van der Waals surface area contributed by atoms with Gasteiger partial charge in [0.05, 0.1) is 18.8 Å². The van der Waals surface area contributed by atoms with Crippen molar-refractivity contribution in [3.8, 4) is 0 Å². The molecule has 1 rings (SSSR count). The van der Waals surface area contributed by atoms with Gasteiger partial charge >= 0.3 is 0 Å². The van der Waals surface area contributed by atoms with Crippen LogP contribution in [0.2, 0.25) is 0 Å². The number of ketones is 1. The van der Waals surface area contributed by atoms with Gasteiger partial charge in [0, 0.05) is 13.2 Å². The highest BCUT2D eigenvalue weighted by Crippen LogP contribution is 2.00. The van der Waals surface area contributed by atoms with E-state index in [4.69, 9.17) is 0 Å². The summed E-state index contributed by atoms with van der Waals surface area (Å²) in [5, 5.41) is 2.56. The summed E-state index contributed by atoms with van der Waals surface area (Å²) < 4.78 is 0. The number of hydrogen-bond acceptors (Lipinski definition) is 3. The number of likely N-dealkylation sites (N-methyl/N-ethyl adjacent to an activating group) is 1. The monoisotopic (exact) mass is 237 g/mol. The van der Waals surface area contributed by atoms with Gasteiger partial charge in [0.1, 0.15) is 0 Å². The lowest BCUT2D eigenvalue weighted by molar-refractivity contribution is -0.121. The molecule has 1 aromatic rings. The van der Waals surface area contributed by atoms with Crippen molar-refractivity contribution in [2.24, 2.45) is 0 Å². The lowest BCUT2D eigenvalue weighted by Gasteiger charge is -2.19. The number of aromatic amines is 1. The topological polar surface area (TPSA) is 65.2 Å². The second kappa shape index (κ2) is 6.85. The summed E-state index contributed by atoms with van der Waals surface area (Å²) in [6.07, 6.45) is 2.63. The number of hydrogen-bond donors (Lipinski definition) is 2. The standard InChI is InChI=1S/C12H19N3O2/c1-3-7-15(9-12(17)13-2)8-11(16)10-5-4-6-14-10/h4-6,14H,3,7-9H2,1-2H3,(H,13,17). The van der Waals surface area contributed by atoms with Crippen LogP contribution in [0, 0.1) is 0 Å². The number of H-pyrrole nitrogens is 1. The molecule has 0 fully saturated rings. The minimum absolute atomic E-state index is 0.00681. The van der Waals surface area contributed by atoms with E-state index in [1.165, 1.54) is 0 Å². The number of nitrogens with zero attached hydrogens (tertiary/aromatic N) is 1. The Morgan fingerprint density at radius 3 is 2.71 bits per heavy atom. The summed E-state index contributed by atoms with van der Waals surface area (Å²) in [7, 11) is 1.60. The summed E-state index contributed by atoms with van der Waals surface area (Å²) in [6, 6.07) is 3.53. The van der Waals surface area contributed by atoms with Crippen molar-refractivity contribution in [1.82, 2.24) is 15.2 Å². The Hall–Kier alpha value is -1.62. The Kier molecular flexibility index (Phi) is 5.42. The SMILES string of the molecule is CCCN(CC(=O)NC)CC(=O)c1ccc[nH]1. The molecule has 17 heavy (non-hydrogen) atoms. The van der Waals surface area contributed by atoms with Crippen LogP contribution in [0.3, 0.4) is 0 Å². The van der Waals surface area contributed by atoms with Crippen LogP contribution in [0.25, 0.3) is 0 Å². The lowest BCUT2D eigenvalue weighted by atomic mass is 10.2. The van der Waals surface area contributed by atoms with Crippen molar-refractivity contribution in [3.05, 3.63) is 24.0 Å². The third-order valence-electron chi connectivity index (χ3n) is 2.45. The predicted molar refractivity (Wildman–Crippen MR) is 65.9 cm³/mol. The minimum Gasteiger partial charge on any atom is -0.359 e. The van der Waals surface area contributed by atoms with Gasteiger partial charge in [-0.2, -0.15) is 0 Å². The van der Waals surface area contributed by atoms with Gasteiger partial charge in [-0.25, -0.2) is 0 Å². The van der Waals surface area contributed by atoms with Crippen molar-refractivity contribution < 1.29 is 9.59 Å². The molecule has 1 heterocycles. The van der Waals surface area contributed by atoms with Crippen LogP contribution in [0.15, 0.2) is 18.3 Å². The largest absolute Gasteiger partial charge is 0.359 e. The van der Waals surface area contributed by atoms with Gasteiger partial charge in [-0.05, 0) is 25.1 Å². The van der Waals surface area contributed by atoms with Crippen LogP contribution in [0.5, 0.6) is 0 Å². The number of rotatable bonds is 7. The average molecular weight is 237 g/mol. The molecule has 5 heteroatoms. The molecule has 0 atom stereocenters.